The molecule has 1 atom stereocenters. The summed E-state index contributed by atoms with van der Waals surface area (Å²) in [6, 6.07) is 9.79. The molecule has 0 aliphatic heterocycles. The van der Waals surface area contributed by atoms with Gasteiger partial charge in [-0.25, -0.2) is 0 Å². The van der Waals surface area contributed by atoms with Gasteiger partial charge in [-0.15, -0.1) is 0 Å². The van der Waals surface area contributed by atoms with Gasteiger partial charge in [0.1, 0.15) is 11.8 Å². The summed E-state index contributed by atoms with van der Waals surface area (Å²) in [5, 5.41) is 8.88. The van der Waals surface area contributed by atoms with Crippen molar-refractivity contribution < 1.29 is 4.74 Å². The van der Waals surface area contributed by atoms with E-state index >= 15 is 0 Å². The molecule has 1 aliphatic carbocycles. The number of halogens is 1. The molecule has 0 bridgehead atoms. The fourth-order valence-electron chi connectivity index (χ4n) is 1.31. The van der Waals surface area contributed by atoms with Crippen LogP contribution in [0.4, 0.5) is 0 Å². The summed E-state index contributed by atoms with van der Waals surface area (Å²) in [6.07, 6.45) is 1.96. The Balaban J connectivity index is 2.05. The molecule has 72 valence electrons. The Morgan fingerprint density at radius 3 is 2.86 bits per heavy atom. The van der Waals surface area contributed by atoms with Crippen LogP contribution in [0.2, 0.25) is 0 Å². The highest BCUT2D eigenvalue weighted by Gasteiger charge is 2.32. The highest BCUT2D eigenvalue weighted by atomic mass is 79.9. The SMILES string of the molecule is N#CC(Oc1cccc(Br)c1)C1CC1. The van der Waals surface area contributed by atoms with Crippen LogP contribution in [0.5, 0.6) is 5.75 Å². The fourth-order valence-corrected chi connectivity index (χ4v) is 1.69. The Bertz CT molecular complexity index is 368. The number of rotatable bonds is 3. The van der Waals surface area contributed by atoms with E-state index in [1.165, 1.54) is 0 Å². The number of hydrogen-bond acceptors (Lipinski definition) is 2. The predicted octanol–water partition coefficient (Wildman–Crippen LogP) is 3.13. The molecule has 0 amide bonds. The second-order valence-electron chi connectivity index (χ2n) is 3.46. The fraction of sp³-hybridized carbons (Fsp3) is 0.364. The molecule has 1 fully saturated rings. The predicted molar refractivity (Wildman–Crippen MR) is 56.9 cm³/mol. The van der Waals surface area contributed by atoms with Crippen LogP contribution < -0.4 is 4.74 Å². The van der Waals surface area contributed by atoms with Crippen molar-refractivity contribution in [3.05, 3.63) is 28.7 Å². The minimum atomic E-state index is -0.274. The van der Waals surface area contributed by atoms with Crippen molar-refractivity contribution in [1.29, 1.82) is 5.26 Å². The summed E-state index contributed by atoms with van der Waals surface area (Å²) in [7, 11) is 0. The highest BCUT2D eigenvalue weighted by Crippen LogP contribution is 2.34. The van der Waals surface area contributed by atoms with Crippen LogP contribution in [-0.2, 0) is 0 Å². The third kappa shape index (κ3) is 2.27. The molecular weight excluding hydrogens is 242 g/mol. The van der Waals surface area contributed by atoms with Gasteiger partial charge >= 0.3 is 0 Å². The van der Waals surface area contributed by atoms with Gasteiger partial charge in [0.15, 0.2) is 6.10 Å². The summed E-state index contributed by atoms with van der Waals surface area (Å²) < 4.78 is 6.55. The Labute approximate surface area is 91.6 Å². The topological polar surface area (TPSA) is 33.0 Å². The molecular formula is C11H10BrNO. The van der Waals surface area contributed by atoms with Gasteiger partial charge < -0.3 is 4.74 Å². The van der Waals surface area contributed by atoms with Crippen LogP contribution in [0, 0.1) is 17.2 Å². The van der Waals surface area contributed by atoms with E-state index in [-0.39, 0.29) is 6.10 Å². The van der Waals surface area contributed by atoms with Crippen molar-refractivity contribution in [2.45, 2.75) is 18.9 Å². The van der Waals surface area contributed by atoms with Crippen molar-refractivity contribution in [3.63, 3.8) is 0 Å². The third-order valence-corrected chi connectivity index (χ3v) is 2.73. The quantitative estimate of drug-likeness (QED) is 0.827. The van der Waals surface area contributed by atoms with Crippen LogP contribution in [0.1, 0.15) is 12.8 Å². The smallest absolute Gasteiger partial charge is 0.187 e. The zero-order valence-corrected chi connectivity index (χ0v) is 9.20. The lowest BCUT2D eigenvalue weighted by molar-refractivity contribution is 0.233. The van der Waals surface area contributed by atoms with E-state index in [1.54, 1.807) is 0 Å². The highest BCUT2D eigenvalue weighted by molar-refractivity contribution is 9.10. The molecule has 2 rings (SSSR count). The van der Waals surface area contributed by atoms with Crippen LogP contribution in [0.25, 0.3) is 0 Å². The minimum Gasteiger partial charge on any atom is -0.475 e. The second kappa shape index (κ2) is 4.02. The maximum Gasteiger partial charge on any atom is 0.187 e. The molecule has 0 aromatic heterocycles. The first kappa shape index (κ1) is 9.54. The number of benzene rings is 1. The third-order valence-electron chi connectivity index (χ3n) is 2.24. The average Bonchev–Trinajstić information content (AvgIpc) is 2.97. The molecule has 0 spiro atoms. The number of ether oxygens (including phenoxy) is 1. The molecule has 1 aliphatic rings. The Morgan fingerprint density at radius 2 is 2.29 bits per heavy atom. The van der Waals surface area contributed by atoms with Gasteiger partial charge in [0, 0.05) is 10.4 Å². The molecule has 1 unspecified atom stereocenters. The molecule has 0 heterocycles. The van der Waals surface area contributed by atoms with Crippen molar-refractivity contribution in [3.8, 4) is 11.8 Å². The van der Waals surface area contributed by atoms with Crippen LogP contribution in [-0.4, -0.2) is 6.10 Å². The van der Waals surface area contributed by atoms with Crippen molar-refractivity contribution >= 4 is 15.9 Å². The van der Waals surface area contributed by atoms with Crippen molar-refractivity contribution in [2.24, 2.45) is 5.92 Å². The zero-order chi connectivity index (χ0) is 9.97. The lowest BCUT2D eigenvalue weighted by atomic mass is 10.2. The van der Waals surface area contributed by atoms with Crippen LogP contribution in [0.15, 0.2) is 28.7 Å². The summed E-state index contributed by atoms with van der Waals surface area (Å²) in [5.74, 6) is 1.21. The molecule has 3 heteroatoms. The van der Waals surface area contributed by atoms with E-state index < -0.39 is 0 Å². The van der Waals surface area contributed by atoms with Gasteiger partial charge in [-0.2, -0.15) is 5.26 Å². The Kier molecular flexibility index (Phi) is 2.74. The first-order chi connectivity index (χ1) is 6.79. The van der Waals surface area contributed by atoms with Gasteiger partial charge in [0.05, 0.1) is 0 Å². The van der Waals surface area contributed by atoms with E-state index in [2.05, 4.69) is 22.0 Å². The van der Waals surface area contributed by atoms with E-state index in [9.17, 15) is 0 Å². The number of nitriles is 1. The molecule has 0 N–H and O–H groups in total. The van der Waals surface area contributed by atoms with Gasteiger partial charge in [0.2, 0.25) is 0 Å². The number of nitrogens with zero attached hydrogens (tertiary/aromatic N) is 1. The standard InChI is InChI=1S/C11H10BrNO/c12-9-2-1-3-10(6-9)14-11(7-13)8-4-5-8/h1-3,6,8,11H,4-5H2. The van der Waals surface area contributed by atoms with Gasteiger partial charge in [0.25, 0.3) is 0 Å². The maximum atomic E-state index is 8.88. The minimum absolute atomic E-state index is 0.274. The van der Waals surface area contributed by atoms with Gasteiger partial charge in [-0.3, -0.25) is 0 Å². The molecule has 1 aromatic rings. The molecule has 2 nitrogen and oxygen atoms in total. The van der Waals surface area contributed by atoms with E-state index in [0.29, 0.717) is 5.92 Å². The Hall–Kier alpha value is -1.01. The molecule has 1 saturated carbocycles. The maximum absolute atomic E-state index is 8.88. The van der Waals surface area contributed by atoms with Crippen LogP contribution in [0.3, 0.4) is 0 Å². The average molecular weight is 252 g/mol. The summed E-state index contributed by atoms with van der Waals surface area (Å²) >= 11 is 3.36. The summed E-state index contributed by atoms with van der Waals surface area (Å²) in [4.78, 5) is 0. The first-order valence-electron chi connectivity index (χ1n) is 4.61. The molecule has 1 aromatic carbocycles. The second-order valence-corrected chi connectivity index (χ2v) is 4.38. The van der Waals surface area contributed by atoms with Crippen LogP contribution >= 0.6 is 15.9 Å². The first-order valence-corrected chi connectivity index (χ1v) is 5.41. The normalized spacial score (nSPS) is 17.1. The van der Waals surface area contributed by atoms with Crippen molar-refractivity contribution in [1.82, 2.24) is 0 Å². The van der Waals surface area contributed by atoms with E-state index in [0.717, 1.165) is 23.1 Å². The molecule has 0 saturated heterocycles. The molecule has 14 heavy (non-hydrogen) atoms. The van der Waals surface area contributed by atoms with Gasteiger partial charge in [-0.1, -0.05) is 22.0 Å². The Morgan fingerprint density at radius 1 is 1.50 bits per heavy atom. The van der Waals surface area contributed by atoms with Gasteiger partial charge in [-0.05, 0) is 31.0 Å². The molecule has 0 radical (unpaired) electrons. The zero-order valence-electron chi connectivity index (χ0n) is 7.61. The lowest BCUT2D eigenvalue weighted by Gasteiger charge is -2.11. The van der Waals surface area contributed by atoms with E-state index in [4.69, 9.17) is 10.00 Å². The number of hydrogen-bond donors (Lipinski definition) is 0. The summed E-state index contributed by atoms with van der Waals surface area (Å²) in [6.45, 7) is 0. The summed E-state index contributed by atoms with van der Waals surface area (Å²) in [5.41, 5.74) is 0. The van der Waals surface area contributed by atoms with Crippen molar-refractivity contribution in [2.75, 3.05) is 0 Å². The van der Waals surface area contributed by atoms with E-state index in [1.807, 2.05) is 24.3 Å². The lowest BCUT2D eigenvalue weighted by Crippen LogP contribution is -2.16. The largest absolute Gasteiger partial charge is 0.475 e. The monoisotopic (exact) mass is 251 g/mol.